The van der Waals surface area contributed by atoms with Gasteiger partial charge in [0.1, 0.15) is 10.1 Å². The van der Waals surface area contributed by atoms with Gasteiger partial charge in [0.2, 0.25) is 0 Å². The van der Waals surface area contributed by atoms with Crippen LogP contribution in [0.15, 0.2) is 53.4 Å². The Morgan fingerprint density at radius 3 is 2.43 bits per heavy atom. The van der Waals surface area contributed by atoms with E-state index in [0.29, 0.717) is 11.3 Å². The van der Waals surface area contributed by atoms with Gasteiger partial charge in [-0.25, -0.2) is 4.39 Å². The smallest absolute Gasteiger partial charge is 0.305 e. The molecule has 0 saturated carbocycles. The van der Waals surface area contributed by atoms with Gasteiger partial charge in [-0.1, -0.05) is 54.3 Å². The second kappa shape index (κ2) is 8.00. The maximum Gasteiger partial charge on any atom is 0.305 e. The summed E-state index contributed by atoms with van der Waals surface area (Å²) in [6, 6.07) is 13.0. The molecule has 2 amide bonds. The summed E-state index contributed by atoms with van der Waals surface area (Å²) >= 11 is 6.25. The number of aliphatic carboxylic acids is 1. The fourth-order valence-electron chi connectivity index (χ4n) is 3.38. The zero-order chi connectivity index (χ0) is 21.4. The lowest BCUT2D eigenvalue weighted by molar-refractivity contribution is -0.137. The van der Waals surface area contributed by atoms with E-state index in [2.05, 4.69) is 0 Å². The number of carboxylic acids is 1. The molecule has 4 rings (SSSR count). The fourth-order valence-corrected chi connectivity index (χ4v) is 4.76. The monoisotopic (exact) mass is 442 g/mol. The molecule has 0 atom stereocenters. The highest BCUT2D eigenvalue weighted by Gasteiger charge is 2.41. The van der Waals surface area contributed by atoms with E-state index >= 15 is 0 Å². The van der Waals surface area contributed by atoms with Gasteiger partial charge in [-0.3, -0.25) is 19.3 Å². The average Bonchev–Trinajstić information content (AvgIpc) is 3.15. The van der Waals surface area contributed by atoms with E-state index in [-0.39, 0.29) is 46.0 Å². The number of hydrogen-bond acceptors (Lipinski definition) is 5. The average molecular weight is 442 g/mol. The van der Waals surface area contributed by atoms with Crippen molar-refractivity contribution < 1.29 is 23.9 Å². The van der Waals surface area contributed by atoms with Crippen LogP contribution in [0.5, 0.6) is 0 Å². The molecule has 30 heavy (non-hydrogen) atoms. The van der Waals surface area contributed by atoms with Gasteiger partial charge < -0.3 is 10.0 Å². The highest BCUT2D eigenvalue weighted by molar-refractivity contribution is 8.26. The standard InChI is InChI=1S/C21H15FN2O4S2/c22-13-7-5-12(6-8-13)11-24-15-4-2-1-3-14(15)17(19(24)27)18-20(28)23(21(29)30-18)10-9-16(25)26/h1-8H,9-11H2,(H,25,26). The predicted molar refractivity (Wildman–Crippen MR) is 115 cm³/mol. The molecule has 0 bridgehead atoms. The van der Waals surface area contributed by atoms with Crippen LogP contribution in [0.2, 0.25) is 0 Å². The van der Waals surface area contributed by atoms with Crippen molar-refractivity contribution in [3.05, 3.63) is 70.4 Å². The Morgan fingerprint density at radius 2 is 1.73 bits per heavy atom. The summed E-state index contributed by atoms with van der Waals surface area (Å²) in [4.78, 5) is 40.1. The molecule has 2 aliphatic rings. The lowest BCUT2D eigenvalue weighted by atomic mass is 10.1. The highest BCUT2D eigenvalue weighted by atomic mass is 32.2. The van der Waals surface area contributed by atoms with Crippen molar-refractivity contribution in [2.45, 2.75) is 13.0 Å². The van der Waals surface area contributed by atoms with Crippen LogP contribution in [0.25, 0.3) is 5.57 Å². The van der Waals surface area contributed by atoms with Gasteiger partial charge in [-0.05, 0) is 23.8 Å². The van der Waals surface area contributed by atoms with Crippen molar-refractivity contribution in [3.63, 3.8) is 0 Å². The minimum atomic E-state index is -1.04. The number of rotatable bonds is 5. The number of carboxylic acid groups (broad SMARTS) is 1. The number of anilines is 1. The van der Waals surface area contributed by atoms with Crippen molar-refractivity contribution >= 4 is 57.3 Å². The molecule has 6 nitrogen and oxygen atoms in total. The van der Waals surface area contributed by atoms with Crippen LogP contribution >= 0.6 is 24.0 Å². The van der Waals surface area contributed by atoms with Gasteiger partial charge in [0.25, 0.3) is 11.8 Å². The Kier molecular flexibility index (Phi) is 5.40. The van der Waals surface area contributed by atoms with Crippen LogP contribution in [0.3, 0.4) is 0 Å². The van der Waals surface area contributed by atoms with Crippen LogP contribution in [0.1, 0.15) is 17.5 Å². The third kappa shape index (κ3) is 3.61. The zero-order valence-corrected chi connectivity index (χ0v) is 17.1. The number of para-hydroxylation sites is 1. The first-order valence-corrected chi connectivity index (χ1v) is 10.2. The minimum Gasteiger partial charge on any atom is -0.481 e. The van der Waals surface area contributed by atoms with Crippen LogP contribution in [0.4, 0.5) is 10.1 Å². The van der Waals surface area contributed by atoms with Gasteiger partial charge in [-0.15, -0.1) is 0 Å². The Bertz CT molecular complexity index is 1110. The molecule has 2 aromatic rings. The predicted octanol–water partition coefficient (Wildman–Crippen LogP) is 3.42. The fraction of sp³-hybridized carbons (Fsp3) is 0.143. The first kappa shape index (κ1) is 20.2. The molecule has 2 aliphatic heterocycles. The van der Waals surface area contributed by atoms with Crippen molar-refractivity contribution in [2.24, 2.45) is 0 Å². The number of fused-ring (bicyclic) bond motifs is 1. The van der Waals surface area contributed by atoms with Crippen molar-refractivity contribution in [2.75, 3.05) is 11.4 Å². The normalized spacial score (nSPS) is 18.4. The molecule has 0 aromatic heterocycles. The first-order chi connectivity index (χ1) is 14.4. The number of halogens is 1. The van der Waals surface area contributed by atoms with E-state index in [0.717, 1.165) is 17.3 Å². The third-order valence-corrected chi connectivity index (χ3v) is 6.25. The number of nitrogens with zero attached hydrogens (tertiary/aromatic N) is 2. The van der Waals surface area contributed by atoms with Crippen molar-refractivity contribution in [3.8, 4) is 0 Å². The van der Waals surface area contributed by atoms with Crippen LogP contribution in [-0.2, 0) is 20.9 Å². The lowest BCUT2D eigenvalue weighted by Gasteiger charge is -2.17. The van der Waals surface area contributed by atoms with E-state index in [1.165, 1.54) is 17.0 Å². The highest BCUT2D eigenvalue weighted by Crippen LogP contribution is 2.45. The molecule has 1 N–H and O–H groups in total. The van der Waals surface area contributed by atoms with Gasteiger partial charge in [0.15, 0.2) is 0 Å². The van der Waals surface area contributed by atoms with Crippen molar-refractivity contribution in [1.29, 1.82) is 0 Å². The summed E-state index contributed by atoms with van der Waals surface area (Å²) in [5.74, 6) is -2.21. The van der Waals surface area contributed by atoms with Crippen LogP contribution in [-0.4, -0.2) is 38.7 Å². The Labute approximate surface area is 181 Å². The Balaban J connectivity index is 1.71. The van der Waals surface area contributed by atoms with Gasteiger partial charge in [-0.2, -0.15) is 0 Å². The minimum absolute atomic E-state index is 0.0497. The third-order valence-electron chi connectivity index (χ3n) is 4.80. The van der Waals surface area contributed by atoms with E-state index in [4.69, 9.17) is 17.3 Å². The SMILES string of the molecule is O=C(O)CCN1C(=O)C(=C2C(=O)N(Cc3ccc(F)cc3)c3ccccc32)SC1=S. The van der Waals surface area contributed by atoms with E-state index < -0.39 is 11.9 Å². The largest absolute Gasteiger partial charge is 0.481 e. The Hall–Kier alpha value is -3.04. The molecule has 9 heteroatoms. The van der Waals surface area contributed by atoms with Gasteiger partial charge >= 0.3 is 5.97 Å². The van der Waals surface area contributed by atoms with E-state index in [1.54, 1.807) is 41.3 Å². The van der Waals surface area contributed by atoms with Crippen LogP contribution in [0, 0.1) is 5.82 Å². The van der Waals surface area contributed by atoms with Crippen LogP contribution < -0.4 is 4.90 Å². The summed E-state index contributed by atoms with van der Waals surface area (Å²) < 4.78 is 13.5. The molecule has 0 aliphatic carbocycles. The van der Waals surface area contributed by atoms with Gasteiger partial charge in [0, 0.05) is 12.1 Å². The summed E-state index contributed by atoms with van der Waals surface area (Å²) in [5.41, 5.74) is 2.26. The molecular weight excluding hydrogens is 427 g/mol. The maximum atomic E-state index is 13.3. The molecule has 2 heterocycles. The van der Waals surface area contributed by atoms with Crippen molar-refractivity contribution in [1.82, 2.24) is 4.90 Å². The molecule has 2 aromatic carbocycles. The summed E-state index contributed by atoms with van der Waals surface area (Å²) in [6.07, 6.45) is -0.240. The first-order valence-electron chi connectivity index (χ1n) is 9.02. The quantitative estimate of drug-likeness (QED) is 0.565. The number of thioether (sulfide) groups is 1. The molecule has 0 unspecified atom stereocenters. The summed E-state index contributed by atoms with van der Waals surface area (Å²) in [7, 11) is 0. The number of hydrogen-bond donors (Lipinski definition) is 1. The Morgan fingerprint density at radius 1 is 1.03 bits per heavy atom. The number of carbonyl (C=O) groups excluding carboxylic acids is 2. The molecular formula is C21H15FN2O4S2. The number of carbonyl (C=O) groups is 3. The molecule has 1 saturated heterocycles. The lowest BCUT2D eigenvalue weighted by Crippen LogP contribution is -2.31. The second-order valence-electron chi connectivity index (χ2n) is 6.71. The summed E-state index contributed by atoms with van der Waals surface area (Å²) in [6.45, 7) is 0.171. The molecule has 1 fully saturated rings. The summed E-state index contributed by atoms with van der Waals surface area (Å²) in [5, 5.41) is 8.90. The van der Waals surface area contributed by atoms with E-state index in [9.17, 15) is 18.8 Å². The number of amides is 2. The van der Waals surface area contributed by atoms with E-state index in [1.807, 2.05) is 0 Å². The zero-order valence-electron chi connectivity index (χ0n) is 15.5. The topological polar surface area (TPSA) is 77.9 Å². The molecule has 0 spiro atoms. The second-order valence-corrected chi connectivity index (χ2v) is 8.35. The number of thiocarbonyl (C=S) groups is 1. The molecule has 152 valence electrons. The number of benzene rings is 2. The molecule has 0 radical (unpaired) electrons. The maximum absolute atomic E-state index is 13.3. The van der Waals surface area contributed by atoms with Gasteiger partial charge in [0.05, 0.1) is 29.1 Å².